The molecule has 1 N–H and O–H groups in total. The minimum atomic E-state index is -0.0637. The van der Waals surface area contributed by atoms with Crippen molar-refractivity contribution < 1.29 is 4.79 Å². The lowest BCUT2D eigenvalue weighted by Crippen LogP contribution is -2.44. The molecular formula is C14H18N4O. The second kappa shape index (κ2) is 6.30. The Kier molecular flexibility index (Phi) is 4.48. The number of hydrogen-bond acceptors (Lipinski definition) is 4. The Hall–Kier alpha value is -1.93. The second-order valence-corrected chi connectivity index (χ2v) is 4.87. The summed E-state index contributed by atoms with van der Waals surface area (Å²) in [4.78, 5) is 18.2. The van der Waals surface area contributed by atoms with Gasteiger partial charge < -0.3 is 5.32 Å². The number of piperidine rings is 1. The molecule has 0 radical (unpaired) electrons. The van der Waals surface area contributed by atoms with Gasteiger partial charge in [0.1, 0.15) is 0 Å². The molecule has 0 aliphatic carbocycles. The van der Waals surface area contributed by atoms with Crippen molar-refractivity contribution in [1.82, 2.24) is 15.2 Å². The number of carbonyl (C=O) groups is 1. The van der Waals surface area contributed by atoms with E-state index in [1.165, 1.54) is 0 Å². The summed E-state index contributed by atoms with van der Waals surface area (Å²) >= 11 is 0. The van der Waals surface area contributed by atoms with E-state index in [1.807, 2.05) is 13.0 Å². The summed E-state index contributed by atoms with van der Waals surface area (Å²) < 4.78 is 0. The molecule has 0 atom stereocenters. The van der Waals surface area contributed by atoms with E-state index in [0.717, 1.165) is 31.6 Å². The highest BCUT2D eigenvalue weighted by atomic mass is 16.1. The van der Waals surface area contributed by atoms with E-state index in [0.29, 0.717) is 12.1 Å². The summed E-state index contributed by atoms with van der Waals surface area (Å²) in [6.07, 6.45) is 3.40. The molecule has 100 valence electrons. The number of hydrogen-bond donors (Lipinski definition) is 1. The smallest absolute Gasteiger partial charge is 0.253 e. The standard InChI is InChI=1S/C14H18N4O/c1-11-2-3-12(10-16-11)14(19)17-13-4-7-18(8-5-13)9-6-15/h2-3,10,13H,4-5,7-9H2,1H3,(H,17,19). The van der Waals surface area contributed by atoms with Crippen LogP contribution in [0.4, 0.5) is 0 Å². The van der Waals surface area contributed by atoms with Crippen molar-refractivity contribution in [2.45, 2.75) is 25.8 Å². The zero-order chi connectivity index (χ0) is 13.7. The topological polar surface area (TPSA) is 69.0 Å². The zero-order valence-electron chi connectivity index (χ0n) is 11.1. The minimum absolute atomic E-state index is 0.0637. The predicted octanol–water partition coefficient (Wildman–Crippen LogP) is 1.11. The Balaban J connectivity index is 1.84. The third-order valence-electron chi connectivity index (χ3n) is 3.39. The molecule has 2 rings (SSSR count). The lowest BCUT2D eigenvalue weighted by Gasteiger charge is -2.30. The first-order valence-electron chi connectivity index (χ1n) is 6.52. The van der Waals surface area contributed by atoms with Crippen LogP contribution in [-0.4, -0.2) is 41.5 Å². The molecule has 0 bridgehead atoms. The Bertz CT molecular complexity index is 469. The average molecular weight is 258 g/mol. The van der Waals surface area contributed by atoms with Gasteiger partial charge in [0.25, 0.3) is 5.91 Å². The van der Waals surface area contributed by atoms with Crippen LogP contribution in [0, 0.1) is 18.3 Å². The molecular weight excluding hydrogens is 240 g/mol. The predicted molar refractivity (Wildman–Crippen MR) is 71.5 cm³/mol. The van der Waals surface area contributed by atoms with Gasteiger partial charge in [0.2, 0.25) is 0 Å². The van der Waals surface area contributed by atoms with Crippen molar-refractivity contribution in [3.63, 3.8) is 0 Å². The number of nitrogens with one attached hydrogen (secondary N) is 1. The van der Waals surface area contributed by atoms with Crippen molar-refractivity contribution in [1.29, 1.82) is 5.26 Å². The maximum Gasteiger partial charge on any atom is 0.253 e. The highest BCUT2D eigenvalue weighted by molar-refractivity contribution is 5.94. The van der Waals surface area contributed by atoms with Crippen molar-refractivity contribution in [2.75, 3.05) is 19.6 Å². The zero-order valence-corrected chi connectivity index (χ0v) is 11.1. The first kappa shape index (κ1) is 13.5. The van der Waals surface area contributed by atoms with Crippen molar-refractivity contribution in [3.8, 4) is 6.07 Å². The lowest BCUT2D eigenvalue weighted by atomic mass is 10.0. The Morgan fingerprint density at radius 2 is 2.26 bits per heavy atom. The van der Waals surface area contributed by atoms with Crippen LogP contribution >= 0.6 is 0 Å². The molecule has 1 saturated heterocycles. The summed E-state index contributed by atoms with van der Waals surface area (Å²) in [7, 11) is 0. The molecule has 1 aliphatic rings. The van der Waals surface area contributed by atoms with Gasteiger partial charge in [-0.2, -0.15) is 5.26 Å². The minimum Gasteiger partial charge on any atom is -0.349 e. The van der Waals surface area contributed by atoms with Gasteiger partial charge in [-0.15, -0.1) is 0 Å². The summed E-state index contributed by atoms with van der Waals surface area (Å²) in [5.74, 6) is -0.0637. The maximum absolute atomic E-state index is 12.0. The number of rotatable bonds is 3. The van der Waals surface area contributed by atoms with Gasteiger partial charge in [-0.25, -0.2) is 0 Å². The number of amides is 1. The normalized spacial score (nSPS) is 16.8. The van der Waals surface area contributed by atoms with Crippen LogP contribution in [0.5, 0.6) is 0 Å². The molecule has 5 nitrogen and oxygen atoms in total. The molecule has 0 aromatic carbocycles. The lowest BCUT2D eigenvalue weighted by molar-refractivity contribution is 0.0914. The molecule has 5 heteroatoms. The molecule has 1 aliphatic heterocycles. The van der Waals surface area contributed by atoms with Gasteiger partial charge in [-0.3, -0.25) is 14.7 Å². The van der Waals surface area contributed by atoms with E-state index in [4.69, 9.17) is 5.26 Å². The third-order valence-corrected chi connectivity index (χ3v) is 3.39. The highest BCUT2D eigenvalue weighted by Gasteiger charge is 2.20. The fraction of sp³-hybridized carbons (Fsp3) is 0.500. The molecule has 1 aromatic rings. The quantitative estimate of drug-likeness (QED) is 0.824. The van der Waals surface area contributed by atoms with Gasteiger partial charge in [0.15, 0.2) is 0 Å². The van der Waals surface area contributed by atoms with E-state index in [1.54, 1.807) is 12.3 Å². The van der Waals surface area contributed by atoms with Crippen LogP contribution < -0.4 is 5.32 Å². The van der Waals surface area contributed by atoms with Crippen molar-refractivity contribution >= 4 is 5.91 Å². The molecule has 1 fully saturated rings. The van der Waals surface area contributed by atoms with E-state index in [9.17, 15) is 4.79 Å². The van der Waals surface area contributed by atoms with E-state index in [2.05, 4.69) is 21.3 Å². The first-order chi connectivity index (χ1) is 9.19. The second-order valence-electron chi connectivity index (χ2n) is 4.87. The monoisotopic (exact) mass is 258 g/mol. The van der Waals surface area contributed by atoms with Crippen LogP contribution in [0.25, 0.3) is 0 Å². The van der Waals surface area contributed by atoms with Crippen LogP contribution in [-0.2, 0) is 0 Å². The molecule has 2 heterocycles. The van der Waals surface area contributed by atoms with Gasteiger partial charge in [0.05, 0.1) is 18.2 Å². The number of likely N-dealkylation sites (tertiary alicyclic amines) is 1. The number of pyridine rings is 1. The van der Waals surface area contributed by atoms with Gasteiger partial charge in [-0.1, -0.05) is 0 Å². The van der Waals surface area contributed by atoms with Crippen molar-refractivity contribution in [2.24, 2.45) is 0 Å². The fourth-order valence-electron chi connectivity index (χ4n) is 2.21. The van der Waals surface area contributed by atoms with Crippen molar-refractivity contribution in [3.05, 3.63) is 29.6 Å². The van der Waals surface area contributed by atoms with Gasteiger partial charge in [-0.05, 0) is 31.9 Å². The number of aromatic nitrogens is 1. The Labute approximate surface area is 113 Å². The van der Waals surface area contributed by atoms with Crippen LogP contribution in [0.2, 0.25) is 0 Å². The third kappa shape index (κ3) is 3.76. The molecule has 0 spiro atoms. The molecule has 1 amide bonds. The number of nitrogens with zero attached hydrogens (tertiary/aromatic N) is 3. The molecule has 0 unspecified atom stereocenters. The highest BCUT2D eigenvalue weighted by Crippen LogP contribution is 2.10. The van der Waals surface area contributed by atoms with Crippen LogP contribution in [0.1, 0.15) is 28.9 Å². The van der Waals surface area contributed by atoms with E-state index >= 15 is 0 Å². The van der Waals surface area contributed by atoms with Gasteiger partial charge >= 0.3 is 0 Å². The molecule has 19 heavy (non-hydrogen) atoms. The summed E-state index contributed by atoms with van der Waals surface area (Å²) in [6, 6.07) is 5.98. The Morgan fingerprint density at radius 3 is 2.84 bits per heavy atom. The first-order valence-corrected chi connectivity index (χ1v) is 6.52. The summed E-state index contributed by atoms with van der Waals surface area (Å²) in [6.45, 7) is 4.10. The maximum atomic E-state index is 12.0. The largest absolute Gasteiger partial charge is 0.349 e. The molecule has 1 aromatic heterocycles. The fourth-order valence-corrected chi connectivity index (χ4v) is 2.21. The van der Waals surface area contributed by atoms with E-state index in [-0.39, 0.29) is 11.9 Å². The molecule has 0 saturated carbocycles. The average Bonchev–Trinajstić information content (AvgIpc) is 2.42. The van der Waals surface area contributed by atoms with E-state index < -0.39 is 0 Å². The summed E-state index contributed by atoms with van der Waals surface area (Å²) in [5, 5.41) is 11.7. The summed E-state index contributed by atoms with van der Waals surface area (Å²) in [5.41, 5.74) is 1.51. The van der Waals surface area contributed by atoms with Crippen LogP contribution in [0.3, 0.4) is 0 Å². The van der Waals surface area contributed by atoms with Gasteiger partial charge in [0, 0.05) is 31.0 Å². The Morgan fingerprint density at radius 1 is 1.53 bits per heavy atom. The number of carbonyl (C=O) groups excluding carboxylic acids is 1. The number of nitriles is 1. The number of aryl methyl sites for hydroxylation is 1. The van der Waals surface area contributed by atoms with Crippen LogP contribution in [0.15, 0.2) is 18.3 Å². The SMILES string of the molecule is Cc1ccc(C(=O)NC2CCN(CC#N)CC2)cn1.